The summed E-state index contributed by atoms with van der Waals surface area (Å²) in [7, 11) is 0. The van der Waals surface area contributed by atoms with Crippen LogP contribution in [-0.4, -0.2) is 64.1 Å². The Kier molecular flexibility index (Phi) is 7.26. The molecule has 0 saturated carbocycles. The first kappa shape index (κ1) is 28.5. The van der Waals surface area contributed by atoms with E-state index in [0.717, 1.165) is 15.4 Å². The van der Waals surface area contributed by atoms with Crippen LogP contribution in [0.25, 0.3) is 17.2 Å². The number of benzene rings is 1. The van der Waals surface area contributed by atoms with Crippen molar-refractivity contribution in [3.63, 3.8) is 0 Å². The van der Waals surface area contributed by atoms with Gasteiger partial charge in [-0.25, -0.2) is 19.4 Å². The number of aromatic nitrogens is 7. The van der Waals surface area contributed by atoms with Crippen molar-refractivity contribution in [3.05, 3.63) is 69.8 Å². The molecule has 0 amide bonds. The highest BCUT2D eigenvalue weighted by Crippen LogP contribution is 2.36. The first-order chi connectivity index (χ1) is 19.2. The molecule has 1 fully saturated rings. The van der Waals surface area contributed by atoms with Gasteiger partial charge in [-0.05, 0) is 36.4 Å². The van der Waals surface area contributed by atoms with Gasteiger partial charge in [-0.1, -0.05) is 11.6 Å². The van der Waals surface area contributed by atoms with Crippen LogP contribution in [0.15, 0.2) is 47.4 Å². The van der Waals surface area contributed by atoms with Gasteiger partial charge in [-0.2, -0.15) is 17.9 Å². The van der Waals surface area contributed by atoms with Crippen LogP contribution in [0.1, 0.15) is 17.8 Å². The Morgan fingerprint density at radius 2 is 1.80 bits per heavy atom. The molecule has 0 radical (unpaired) electrons. The number of halogens is 7. The minimum absolute atomic E-state index is 0.0730. The van der Waals surface area contributed by atoms with E-state index in [1.165, 1.54) is 36.5 Å². The minimum atomic E-state index is -5.06. The highest BCUT2D eigenvalue weighted by Gasteiger charge is 2.43. The van der Waals surface area contributed by atoms with Gasteiger partial charge in [0, 0.05) is 16.8 Å². The van der Waals surface area contributed by atoms with Crippen LogP contribution < -0.4 is 16.2 Å². The zero-order valence-electron chi connectivity index (χ0n) is 20.2. The van der Waals surface area contributed by atoms with Crippen molar-refractivity contribution in [1.82, 2.24) is 34.1 Å². The molecule has 1 aliphatic rings. The van der Waals surface area contributed by atoms with Gasteiger partial charge in [-0.15, -0.1) is 23.4 Å². The van der Waals surface area contributed by atoms with E-state index in [9.17, 15) is 36.2 Å². The Balaban J connectivity index is 1.56. The van der Waals surface area contributed by atoms with E-state index in [-0.39, 0.29) is 23.0 Å². The molecule has 4 aromatic rings. The highest BCUT2D eigenvalue weighted by molar-refractivity contribution is 6.30. The average molecular weight is 607 g/mol. The lowest BCUT2D eigenvalue weighted by Gasteiger charge is -2.15. The second-order valence-electron chi connectivity index (χ2n) is 8.63. The molecule has 12 nitrogen and oxygen atoms in total. The Morgan fingerprint density at radius 1 is 1.12 bits per heavy atom. The number of ether oxygens (including phenoxy) is 2. The first-order valence-corrected chi connectivity index (χ1v) is 11.9. The van der Waals surface area contributed by atoms with Crippen LogP contribution in [-0.2, 0) is 17.8 Å². The van der Waals surface area contributed by atoms with Crippen LogP contribution in [0.5, 0.6) is 5.75 Å². The summed E-state index contributed by atoms with van der Waals surface area (Å²) in [5.74, 6) is -1.64. The molecule has 0 bridgehead atoms. The Bertz CT molecular complexity index is 1620. The van der Waals surface area contributed by atoms with E-state index in [4.69, 9.17) is 22.1 Å². The summed E-state index contributed by atoms with van der Waals surface area (Å²) >= 11 is 5.88. The fourth-order valence-electron chi connectivity index (χ4n) is 3.78. The summed E-state index contributed by atoms with van der Waals surface area (Å²) in [6, 6.07) is 7.85. The van der Waals surface area contributed by atoms with Crippen molar-refractivity contribution in [2.24, 2.45) is 5.73 Å². The summed E-state index contributed by atoms with van der Waals surface area (Å²) < 4.78 is 89.8. The number of pyridine rings is 1. The van der Waals surface area contributed by atoms with E-state index >= 15 is 0 Å². The Labute approximate surface area is 229 Å². The summed E-state index contributed by atoms with van der Waals surface area (Å²) in [5, 5.41) is 18.2. The monoisotopic (exact) mass is 606 g/mol. The van der Waals surface area contributed by atoms with Gasteiger partial charge in [0.15, 0.2) is 41.2 Å². The van der Waals surface area contributed by atoms with E-state index in [1.54, 1.807) is 0 Å². The topological polar surface area (TPSA) is 151 Å². The summed E-state index contributed by atoms with van der Waals surface area (Å²) in [4.78, 5) is 21.3. The van der Waals surface area contributed by atoms with E-state index < -0.39 is 61.3 Å². The molecular weight excluding hydrogens is 590 g/mol. The Hall–Kier alpha value is -4.00. The summed E-state index contributed by atoms with van der Waals surface area (Å²) in [6.07, 6.45) is -13.6. The average Bonchev–Trinajstić information content (AvgIpc) is 3.34. The number of rotatable bonds is 8. The fraction of sp³-hybridized carbons (Fsp3) is 0.318. The maximum atomic E-state index is 13.2. The van der Waals surface area contributed by atoms with Crippen LogP contribution in [0.4, 0.5) is 26.3 Å². The second-order valence-corrected chi connectivity index (χ2v) is 9.07. The number of hydrogen-bond donors (Lipinski definition) is 2. The molecule has 3 atom stereocenters. The van der Waals surface area contributed by atoms with Crippen molar-refractivity contribution in [2.45, 2.75) is 44.1 Å². The molecule has 5 rings (SSSR count). The lowest BCUT2D eigenvalue weighted by atomic mass is 10.2. The van der Waals surface area contributed by atoms with Gasteiger partial charge >= 0.3 is 18.2 Å². The number of aliphatic hydroxyl groups is 1. The van der Waals surface area contributed by atoms with E-state index in [2.05, 4.69) is 24.9 Å². The van der Waals surface area contributed by atoms with E-state index in [1.807, 2.05) is 0 Å². The van der Waals surface area contributed by atoms with Crippen molar-refractivity contribution in [3.8, 4) is 23.0 Å². The molecule has 1 aromatic carbocycles. The highest BCUT2D eigenvalue weighted by atomic mass is 35.5. The van der Waals surface area contributed by atoms with Gasteiger partial charge in [0.25, 0.3) is 0 Å². The maximum absolute atomic E-state index is 13.2. The third kappa shape index (κ3) is 6.19. The molecular formula is C22H17ClF6N8O4. The van der Waals surface area contributed by atoms with Crippen molar-refractivity contribution in [1.29, 1.82) is 0 Å². The molecule has 3 aromatic heterocycles. The minimum Gasteiger partial charge on any atom is -0.402 e. The number of aliphatic hydroxyl groups excluding tert-OH is 1. The lowest BCUT2D eigenvalue weighted by Crippen LogP contribution is -2.37. The van der Waals surface area contributed by atoms with Crippen molar-refractivity contribution in [2.75, 3.05) is 0 Å². The largest absolute Gasteiger partial charge is 0.573 e. The Morgan fingerprint density at radius 3 is 2.41 bits per heavy atom. The standard InChI is InChI=1S/C22H17ClF6N8O4/c23-11-5-3-10(4-6-11)17-34-36(20(39)35(17)8-13(38)21(24,25)26)9-14-32-19(15-16(30)40-15)37(33-14)18-12(2-1-7-31-18)41-22(27,28)29/h1-7,13,15-16,38H,8-9,30H2/t13-,15?,16?/m0/s1. The van der Waals surface area contributed by atoms with Crippen LogP contribution in [0, 0.1) is 0 Å². The molecule has 4 heterocycles. The quantitative estimate of drug-likeness (QED) is 0.228. The number of hydrogen-bond acceptors (Lipinski definition) is 9. The zero-order chi connectivity index (χ0) is 29.7. The zero-order valence-corrected chi connectivity index (χ0v) is 21.0. The van der Waals surface area contributed by atoms with E-state index in [0.29, 0.717) is 9.59 Å². The van der Waals surface area contributed by atoms with Gasteiger partial charge < -0.3 is 20.3 Å². The molecule has 0 aliphatic carbocycles. The van der Waals surface area contributed by atoms with Crippen LogP contribution in [0.3, 0.4) is 0 Å². The molecule has 1 aliphatic heterocycles. The van der Waals surface area contributed by atoms with Gasteiger partial charge in [0.2, 0.25) is 0 Å². The third-order valence-electron chi connectivity index (χ3n) is 5.68. The number of epoxide rings is 1. The maximum Gasteiger partial charge on any atom is 0.573 e. The van der Waals surface area contributed by atoms with Crippen LogP contribution >= 0.6 is 11.6 Å². The summed E-state index contributed by atoms with van der Waals surface area (Å²) in [6.45, 7) is -1.72. The first-order valence-electron chi connectivity index (χ1n) is 11.5. The lowest BCUT2D eigenvalue weighted by molar-refractivity contribution is -0.274. The second kappa shape index (κ2) is 10.4. The molecule has 19 heteroatoms. The molecule has 218 valence electrons. The van der Waals surface area contributed by atoms with Gasteiger partial charge in [0.05, 0.1) is 6.54 Å². The summed E-state index contributed by atoms with van der Waals surface area (Å²) in [5.41, 5.74) is 4.87. The normalized spacial score (nSPS) is 18.0. The van der Waals surface area contributed by atoms with Crippen molar-refractivity contribution < 1.29 is 40.9 Å². The third-order valence-corrected chi connectivity index (χ3v) is 5.93. The van der Waals surface area contributed by atoms with Gasteiger partial charge in [-0.3, -0.25) is 4.57 Å². The molecule has 0 spiro atoms. The number of nitrogens with zero attached hydrogens (tertiary/aromatic N) is 7. The molecule has 2 unspecified atom stereocenters. The number of nitrogens with two attached hydrogens (primary N) is 1. The van der Waals surface area contributed by atoms with Crippen LogP contribution in [0.2, 0.25) is 5.02 Å². The molecule has 41 heavy (non-hydrogen) atoms. The fourth-order valence-corrected chi connectivity index (χ4v) is 3.91. The predicted molar refractivity (Wildman–Crippen MR) is 126 cm³/mol. The molecule has 3 N–H and O–H groups in total. The molecule has 1 saturated heterocycles. The number of alkyl halides is 6. The smallest absolute Gasteiger partial charge is 0.402 e. The van der Waals surface area contributed by atoms with Gasteiger partial charge in [0.1, 0.15) is 12.8 Å². The SMILES string of the molecule is NC1OC1c1nc(Cn2nc(-c3ccc(Cl)cc3)n(C[C@H](O)C(F)(F)F)c2=O)nn1-c1ncccc1OC(F)(F)F. The predicted octanol–water partition coefficient (Wildman–Crippen LogP) is 2.57. The van der Waals surface area contributed by atoms with Crippen molar-refractivity contribution >= 4 is 11.6 Å².